The zero-order chi connectivity index (χ0) is 16.9. The summed E-state index contributed by atoms with van der Waals surface area (Å²) in [5, 5.41) is 0. The van der Waals surface area contributed by atoms with Crippen LogP contribution >= 0.6 is 0 Å². The highest BCUT2D eigenvalue weighted by Crippen LogP contribution is 2.21. The van der Waals surface area contributed by atoms with Crippen LogP contribution in [0.1, 0.15) is 12.0 Å². The van der Waals surface area contributed by atoms with Crippen LogP contribution in [0, 0.1) is 0 Å². The van der Waals surface area contributed by atoms with Gasteiger partial charge in [-0.05, 0) is 36.6 Å². The first-order chi connectivity index (χ1) is 11.7. The number of amidine groups is 2. The van der Waals surface area contributed by atoms with Crippen molar-refractivity contribution in [3.63, 3.8) is 0 Å². The van der Waals surface area contributed by atoms with Gasteiger partial charge < -0.3 is 19.9 Å². The Kier molecular flexibility index (Phi) is 4.88. The molecule has 0 unspecified atom stereocenters. The second-order valence-electron chi connectivity index (χ2n) is 5.59. The van der Waals surface area contributed by atoms with Crippen molar-refractivity contribution in [1.29, 1.82) is 0 Å². The van der Waals surface area contributed by atoms with E-state index in [0.717, 1.165) is 18.5 Å². The van der Waals surface area contributed by atoms with Gasteiger partial charge in [0.1, 0.15) is 6.61 Å². The first kappa shape index (κ1) is 16.2. The Hall–Kier alpha value is -2.70. The second kappa shape index (κ2) is 7.25. The third-order valence-corrected chi connectivity index (χ3v) is 4.02. The fraction of sp³-hybridized carbons (Fsp3) is 0.412. The lowest BCUT2D eigenvalue weighted by Crippen LogP contribution is -2.35. The lowest BCUT2D eigenvalue weighted by atomic mass is 10.1. The molecule has 0 fully saturated rings. The lowest BCUT2D eigenvalue weighted by Gasteiger charge is -2.26. The fourth-order valence-corrected chi connectivity index (χ4v) is 2.71. The van der Waals surface area contributed by atoms with Crippen molar-refractivity contribution in [3.05, 3.63) is 41.8 Å². The highest BCUT2D eigenvalue weighted by Gasteiger charge is 2.19. The van der Waals surface area contributed by atoms with Crippen molar-refractivity contribution in [1.82, 2.24) is 0 Å². The zero-order valence-electron chi connectivity index (χ0n) is 13.9. The molecular formula is C17H22N4O3. The average molecular weight is 330 g/mol. The lowest BCUT2D eigenvalue weighted by molar-refractivity contribution is 0.279. The molecule has 0 radical (unpaired) electrons. The summed E-state index contributed by atoms with van der Waals surface area (Å²) in [5.41, 5.74) is 7.80. The van der Waals surface area contributed by atoms with E-state index in [-0.39, 0.29) is 6.04 Å². The molecule has 2 N–H and O–H groups in total. The van der Waals surface area contributed by atoms with Gasteiger partial charge in [-0.3, -0.25) is 4.90 Å². The normalized spacial score (nSPS) is 20.0. The monoisotopic (exact) mass is 330 g/mol. The van der Waals surface area contributed by atoms with E-state index in [1.54, 1.807) is 14.2 Å². The quantitative estimate of drug-likeness (QED) is 0.887. The molecule has 2 aliphatic heterocycles. The molecule has 2 heterocycles. The summed E-state index contributed by atoms with van der Waals surface area (Å²) in [7, 11) is 3.20. The Labute approximate surface area is 141 Å². The SMILES string of the molecule is COC1=CCN(c2ccc(CC[C@H]3COC(N)=N3)cc2)C(OC)=N1. The number of nitrogens with zero attached hydrogens (tertiary/aromatic N) is 3. The number of aliphatic imine (C=N–C) groups is 2. The molecule has 0 aromatic heterocycles. The van der Waals surface area contributed by atoms with Gasteiger partial charge in [-0.15, -0.1) is 0 Å². The zero-order valence-corrected chi connectivity index (χ0v) is 13.9. The maximum absolute atomic E-state index is 5.53. The van der Waals surface area contributed by atoms with Crippen LogP contribution in [0.15, 0.2) is 46.2 Å². The minimum absolute atomic E-state index is 0.164. The van der Waals surface area contributed by atoms with Crippen LogP contribution in [0.2, 0.25) is 0 Å². The Morgan fingerprint density at radius 2 is 2.04 bits per heavy atom. The van der Waals surface area contributed by atoms with Crippen LogP contribution in [-0.2, 0) is 20.6 Å². The number of hydrogen-bond acceptors (Lipinski definition) is 7. The van der Waals surface area contributed by atoms with Crippen LogP contribution in [0.25, 0.3) is 0 Å². The molecule has 24 heavy (non-hydrogen) atoms. The predicted molar refractivity (Wildman–Crippen MR) is 93.0 cm³/mol. The number of rotatable bonds is 5. The molecule has 0 saturated heterocycles. The third kappa shape index (κ3) is 3.61. The van der Waals surface area contributed by atoms with E-state index < -0.39 is 0 Å². The summed E-state index contributed by atoms with van der Waals surface area (Å²) in [4.78, 5) is 10.5. The fourth-order valence-electron chi connectivity index (χ4n) is 2.71. The van der Waals surface area contributed by atoms with Crippen LogP contribution in [0.3, 0.4) is 0 Å². The molecule has 0 saturated carbocycles. The summed E-state index contributed by atoms with van der Waals surface area (Å²) in [6.07, 6.45) is 3.78. The molecule has 0 aliphatic carbocycles. The van der Waals surface area contributed by atoms with Gasteiger partial charge >= 0.3 is 0 Å². The van der Waals surface area contributed by atoms with Crippen LogP contribution in [-0.4, -0.2) is 45.5 Å². The van der Waals surface area contributed by atoms with Crippen molar-refractivity contribution in [3.8, 4) is 0 Å². The molecule has 1 atom stereocenters. The highest BCUT2D eigenvalue weighted by atomic mass is 16.5. The maximum atomic E-state index is 5.53. The van der Waals surface area contributed by atoms with Gasteiger partial charge in [-0.1, -0.05) is 12.1 Å². The Balaban J connectivity index is 1.62. The molecule has 1 aromatic carbocycles. The Bertz CT molecular complexity index is 667. The largest absolute Gasteiger partial charge is 0.481 e. The van der Waals surface area contributed by atoms with Crippen molar-refractivity contribution >= 4 is 17.7 Å². The van der Waals surface area contributed by atoms with Gasteiger partial charge in [-0.25, -0.2) is 4.99 Å². The molecule has 7 nitrogen and oxygen atoms in total. The van der Waals surface area contributed by atoms with Gasteiger partial charge in [-0.2, -0.15) is 4.99 Å². The van der Waals surface area contributed by atoms with E-state index in [2.05, 4.69) is 34.3 Å². The summed E-state index contributed by atoms with van der Waals surface area (Å²) < 4.78 is 15.7. The number of benzene rings is 1. The molecule has 0 bridgehead atoms. The molecule has 1 aromatic rings. The van der Waals surface area contributed by atoms with Gasteiger partial charge in [0.2, 0.25) is 5.88 Å². The molecule has 0 spiro atoms. The predicted octanol–water partition coefficient (Wildman–Crippen LogP) is 1.64. The molecular weight excluding hydrogens is 308 g/mol. The second-order valence-corrected chi connectivity index (χ2v) is 5.59. The van der Waals surface area contributed by atoms with Crippen molar-refractivity contribution in [2.24, 2.45) is 15.7 Å². The average Bonchev–Trinajstić information content (AvgIpc) is 3.05. The smallest absolute Gasteiger partial charge is 0.299 e. The van der Waals surface area contributed by atoms with Crippen LogP contribution in [0.4, 0.5) is 5.69 Å². The Morgan fingerprint density at radius 3 is 2.67 bits per heavy atom. The van der Waals surface area contributed by atoms with Gasteiger partial charge in [0.25, 0.3) is 12.0 Å². The number of ether oxygens (including phenoxy) is 3. The third-order valence-electron chi connectivity index (χ3n) is 4.02. The highest BCUT2D eigenvalue weighted by molar-refractivity contribution is 5.93. The van der Waals surface area contributed by atoms with E-state index in [9.17, 15) is 0 Å². The number of methoxy groups -OCH3 is 2. The van der Waals surface area contributed by atoms with Crippen molar-refractivity contribution in [2.75, 3.05) is 32.3 Å². The van der Waals surface area contributed by atoms with Gasteiger partial charge in [0.15, 0.2) is 0 Å². The number of nitrogens with two attached hydrogens (primary N) is 1. The van der Waals surface area contributed by atoms with E-state index >= 15 is 0 Å². The summed E-state index contributed by atoms with van der Waals surface area (Å²) >= 11 is 0. The van der Waals surface area contributed by atoms with E-state index in [0.29, 0.717) is 31.1 Å². The summed E-state index contributed by atoms with van der Waals surface area (Å²) in [5.74, 6) is 0.568. The molecule has 128 valence electrons. The Morgan fingerprint density at radius 1 is 1.25 bits per heavy atom. The van der Waals surface area contributed by atoms with E-state index in [1.165, 1.54) is 5.56 Å². The first-order valence-corrected chi connectivity index (χ1v) is 7.89. The number of anilines is 1. The van der Waals surface area contributed by atoms with Gasteiger partial charge in [0, 0.05) is 5.69 Å². The molecule has 3 rings (SSSR count). The van der Waals surface area contributed by atoms with Crippen LogP contribution < -0.4 is 10.6 Å². The van der Waals surface area contributed by atoms with Gasteiger partial charge in [0.05, 0.1) is 26.8 Å². The van der Waals surface area contributed by atoms with Crippen molar-refractivity contribution in [2.45, 2.75) is 18.9 Å². The molecule has 7 heteroatoms. The standard InChI is InChI=1S/C17H22N4O3/c1-22-15-9-10-21(17(20-15)23-2)14-7-4-12(5-8-14)3-6-13-11-24-16(18)19-13/h4-5,7-9,13H,3,6,10-11H2,1-2H3,(H2,18,19)/t13-/m0/s1. The van der Waals surface area contributed by atoms with E-state index in [4.69, 9.17) is 19.9 Å². The van der Waals surface area contributed by atoms with Crippen LogP contribution in [0.5, 0.6) is 0 Å². The number of aryl methyl sites for hydroxylation is 1. The topological polar surface area (TPSA) is 81.7 Å². The summed E-state index contributed by atoms with van der Waals surface area (Å²) in [6.45, 7) is 1.24. The number of hydrogen-bond donors (Lipinski definition) is 1. The first-order valence-electron chi connectivity index (χ1n) is 7.89. The summed E-state index contributed by atoms with van der Waals surface area (Å²) in [6, 6.07) is 9.35. The van der Waals surface area contributed by atoms with Crippen molar-refractivity contribution < 1.29 is 14.2 Å². The maximum Gasteiger partial charge on any atom is 0.299 e. The minimum atomic E-state index is 0.164. The molecule has 0 amide bonds. The molecule has 2 aliphatic rings. The minimum Gasteiger partial charge on any atom is -0.481 e. The van der Waals surface area contributed by atoms with E-state index in [1.807, 2.05) is 11.0 Å².